The summed E-state index contributed by atoms with van der Waals surface area (Å²) in [5.41, 5.74) is 3.16. The predicted octanol–water partition coefficient (Wildman–Crippen LogP) is 2.03. The average molecular weight is 355 g/mol. The van der Waals surface area contributed by atoms with E-state index in [1.54, 1.807) is 17.0 Å². The first-order valence-electron chi connectivity index (χ1n) is 7.87. The molecule has 0 aliphatic carbocycles. The highest BCUT2D eigenvalue weighted by Gasteiger charge is 2.27. The van der Waals surface area contributed by atoms with Crippen molar-refractivity contribution in [2.24, 2.45) is 12.2 Å². The lowest BCUT2D eigenvalue weighted by Gasteiger charge is -2.18. The fraction of sp³-hybridized carbons (Fsp3) is 0.167. The van der Waals surface area contributed by atoms with Gasteiger partial charge in [-0.05, 0) is 53.8 Å². The van der Waals surface area contributed by atoms with Crippen molar-refractivity contribution in [2.75, 3.05) is 11.4 Å². The number of primary sulfonamides is 1. The van der Waals surface area contributed by atoms with Crippen LogP contribution in [-0.2, 0) is 23.5 Å². The van der Waals surface area contributed by atoms with Gasteiger partial charge < -0.3 is 9.47 Å². The van der Waals surface area contributed by atoms with E-state index in [4.69, 9.17) is 5.14 Å². The maximum atomic E-state index is 12.9. The van der Waals surface area contributed by atoms with Crippen LogP contribution in [0.4, 0.5) is 5.69 Å². The molecule has 0 bridgehead atoms. The Bertz CT molecular complexity index is 1120. The average Bonchev–Trinajstić information content (AvgIpc) is 3.16. The monoisotopic (exact) mass is 355 g/mol. The first-order chi connectivity index (χ1) is 11.8. The van der Waals surface area contributed by atoms with Crippen molar-refractivity contribution in [3.63, 3.8) is 0 Å². The second-order valence-corrected chi connectivity index (χ2v) is 7.80. The van der Waals surface area contributed by atoms with E-state index in [1.165, 1.54) is 6.07 Å². The van der Waals surface area contributed by atoms with Crippen molar-refractivity contribution < 1.29 is 13.2 Å². The third-order valence-electron chi connectivity index (χ3n) is 4.66. The number of aromatic nitrogens is 1. The number of rotatable bonds is 2. The summed E-state index contributed by atoms with van der Waals surface area (Å²) in [6, 6.07) is 12.3. The topological polar surface area (TPSA) is 85.4 Å². The van der Waals surface area contributed by atoms with E-state index in [2.05, 4.69) is 0 Å². The van der Waals surface area contributed by atoms with Crippen LogP contribution >= 0.6 is 0 Å². The quantitative estimate of drug-likeness (QED) is 0.763. The van der Waals surface area contributed by atoms with Crippen molar-refractivity contribution >= 4 is 32.5 Å². The van der Waals surface area contributed by atoms with Gasteiger partial charge in [0.2, 0.25) is 10.0 Å². The number of sulfonamides is 1. The summed E-state index contributed by atoms with van der Waals surface area (Å²) in [5, 5.41) is 6.26. The molecular formula is C18H17N3O3S. The summed E-state index contributed by atoms with van der Waals surface area (Å²) in [5.74, 6) is -0.0924. The molecule has 0 atom stereocenters. The van der Waals surface area contributed by atoms with E-state index in [0.29, 0.717) is 18.5 Å². The van der Waals surface area contributed by atoms with Gasteiger partial charge in [0.1, 0.15) is 0 Å². The van der Waals surface area contributed by atoms with E-state index in [1.807, 2.05) is 42.1 Å². The molecule has 2 heterocycles. The summed E-state index contributed by atoms with van der Waals surface area (Å²) >= 11 is 0. The first-order valence-corrected chi connectivity index (χ1v) is 9.42. The highest BCUT2D eigenvalue weighted by molar-refractivity contribution is 7.89. The Kier molecular flexibility index (Phi) is 3.45. The number of benzene rings is 2. The van der Waals surface area contributed by atoms with Crippen LogP contribution in [-0.4, -0.2) is 25.4 Å². The van der Waals surface area contributed by atoms with Gasteiger partial charge in [-0.15, -0.1) is 0 Å². The van der Waals surface area contributed by atoms with Gasteiger partial charge in [-0.2, -0.15) is 0 Å². The third kappa shape index (κ3) is 2.61. The molecule has 0 spiro atoms. The molecule has 3 aromatic rings. The van der Waals surface area contributed by atoms with E-state index >= 15 is 0 Å². The van der Waals surface area contributed by atoms with Gasteiger partial charge in [-0.25, -0.2) is 13.6 Å². The second kappa shape index (κ2) is 5.44. The molecule has 0 radical (unpaired) electrons. The Hall–Kier alpha value is -2.64. The zero-order valence-corrected chi connectivity index (χ0v) is 14.5. The van der Waals surface area contributed by atoms with Crippen molar-refractivity contribution in [1.82, 2.24) is 4.57 Å². The Labute approximate surface area is 145 Å². The Balaban J connectivity index is 1.71. The molecule has 1 amide bonds. The number of nitrogens with zero attached hydrogens (tertiary/aromatic N) is 2. The molecule has 2 N–H and O–H groups in total. The molecule has 1 aliphatic rings. The normalized spacial score (nSPS) is 14.1. The third-order valence-corrected chi connectivity index (χ3v) is 5.57. The van der Waals surface area contributed by atoms with Gasteiger partial charge in [-0.1, -0.05) is 6.07 Å². The van der Waals surface area contributed by atoms with Crippen LogP contribution in [0.25, 0.3) is 10.9 Å². The minimum atomic E-state index is -3.74. The largest absolute Gasteiger partial charge is 0.351 e. The summed E-state index contributed by atoms with van der Waals surface area (Å²) < 4.78 is 25.0. The number of carbonyl (C=O) groups is 1. The minimum Gasteiger partial charge on any atom is -0.351 e. The van der Waals surface area contributed by atoms with Gasteiger partial charge in [0.15, 0.2) is 0 Å². The van der Waals surface area contributed by atoms with E-state index in [0.717, 1.165) is 22.2 Å². The zero-order valence-electron chi connectivity index (χ0n) is 13.6. The van der Waals surface area contributed by atoms with Crippen LogP contribution in [0.2, 0.25) is 0 Å². The molecule has 0 saturated carbocycles. The summed E-state index contributed by atoms with van der Waals surface area (Å²) in [4.78, 5) is 14.7. The lowest BCUT2D eigenvalue weighted by atomic mass is 10.1. The molecule has 0 unspecified atom stereocenters. The SMILES string of the molecule is Cn1ccc2ccc(C(=O)N3CCc4cc(S(N)(=O)=O)ccc43)cc21. The molecule has 2 aromatic carbocycles. The number of anilines is 1. The van der Waals surface area contributed by atoms with Crippen LogP contribution in [0.3, 0.4) is 0 Å². The number of fused-ring (bicyclic) bond motifs is 2. The van der Waals surface area contributed by atoms with Crippen LogP contribution in [0, 0.1) is 0 Å². The molecule has 25 heavy (non-hydrogen) atoms. The summed E-state index contributed by atoms with van der Waals surface area (Å²) in [6.45, 7) is 0.521. The van der Waals surface area contributed by atoms with Crippen molar-refractivity contribution in [3.05, 3.63) is 59.8 Å². The lowest BCUT2D eigenvalue weighted by molar-refractivity contribution is 0.0989. The maximum absolute atomic E-state index is 12.9. The van der Waals surface area contributed by atoms with Gasteiger partial charge in [0, 0.05) is 36.6 Å². The van der Waals surface area contributed by atoms with Crippen LogP contribution in [0.5, 0.6) is 0 Å². The number of aryl methyl sites for hydroxylation is 1. The molecule has 4 rings (SSSR count). The van der Waals surface area contributed by atoms with Crippen molar-refractivity contribution in [2.45, 2.75) is 11.3 Å². The smallest absolute Gasteiger partial charge is 0.258 e. The van der Waals surface area contributed by atoms with E-state index in [-0.39, 0.29) is 10.8 Å². The fourth-order valence-electron chi connectivity index (χ4n) is 3.32. The van der Waals surface area contributed by atoms with E-state index in [9.17, 15) is 13.2 Å². The van der Waals surface area contributed by atoms with Crippen molar-refractivity contribution in [1.29, 1.82) is 0 Å². The van der Waals surface area contributed by atoms with Crippen molar-refractivity contribution in [3.8, 4) is 0 Å². The molecule has 7 heteroatoms. The van der Waals surface area contributed by atoms with Crippen LogP contribution in [0.1, 0.15) is 15.9 Å². The number of amides is 1. The zero-order chi connectivity index (χ0) is 17.8. The van der Waals surface area contributed by atoms with Gasteiger partial charge >= 0.3 is 0 Å². The highest BCUT2D eigenvalue weighted by Crippen LogP contribution is 2.31. The van der Waals surface area contributed by atoms with E-state index < -0.39 is 10.0 Å². The molecule has 0 saturated heterocycles. The molecule has 1 aromatic heterocycles. The Morgan fingerprint density at radius 1 is 1.12 bits per heavy atom. The standard InChI is InChI=1S/C18H17N3O3S/c1-20-8-6-12-2-3-14(11-17(12)20)18(22)21-9-7-13-10-15(25(19,23)24)4-5-16(13)21/h2-6,8,10-11H,7,9H2,1H3,(H2,19,23,24). The van der Waals surface area contributed by atoms with Gasteiger partial charge in [-0.3, -0.25) is 4.79 Å². The first kappa shape index (κ1) is 15.9. The van der Waals surface area contributed by atoms with Gasteiger partial charge in [0.05, 0.1) is 4.90 Å². The molecule has 6 nitrogen and oxygen atoms in total. The number of nitrogens with two attached hydrogens (primary N) is 1. The highest BCUT2D eigenvalue weighted by atomic mass is 32.2. The fourth-order valence-corrected chi connectivity index (χ4v) is 3.88. The maximum Gasteiger partial charge on any atom is 0.258 e. The summed E-state index contributed by atoms with van der Waals surface area (Å²) in [7, 11) is -1.80. The Morgan fingerprint density at radius 3 is 2.68 bits per heavy atom. The number of carbonyl (C=O) groups excluding carboxylic acids is 1. The summed E-state index contributed by atoms with van der Waals surface area (Å²) in [6.07, 6.45) is 2.57. The molecular weight excluding hydrogens is 338 g/mol. The van der Waals surface area contributed by atoms with Crippen LogP contribution < -0.4 is 10.0 Å². The van der Waals surface area contributed by atoms with Gasteiger partial charge in [0.25, 0.3) is 5.91 Å². The molecule has 128 valence electrons. The lowest BCUT2D eigenvalue weighted by Crippen LogP contribution is -2.28. The minimum absolute atomic E-state index is 0.0748. The Morgan fingerprint density at radius 2 is 1.92 bits per heavy atom. The van der Waals surface area contributed by atoms with Crippen LogP contribution in [0.15, 0.2) is 53.6 Å². The predicted molar refractivity (Wildman–Crippen MR) is 96.1 cm³/mol. The molecule has 1 aliphatic heterocycles. The number of hydrogen-bond acceptors (Lipinski definition) is 3. The second-order valence-electron chi connectivity index (χ2n) is 6.24. The molecule has 0 fully saturated rings. The number of hydrogen-bond donors (Lipinski definition) is 1.